The van der Waals surface area contributed by atoms with Gasteiger partial charge in [0.25, 0.3) is 0 Å². The van der Waals surface area contributed by atoms with E-state index in [1.54, 1.807) is 29.8 Å². The van der Waals surface area contributed by atoms with Crippen LogP contribution in [0.15, 0.2) is 47.2 Å². The molecule has 27 heavy (non-hydrogen) atoms. The monoisotopic (exact) mass is 442 g/mol. The first kappa shape index (κ1) is 19.5. The summed E-state index contributed by atoms with van der Waals surface area (Å²) in [5.41, 5.74) is 1.21. The Bertz CT molecular complexity index is 988. The summed E-state index contributed by atoms with van der Waals surface area (Å²) >= 11 is 6.14. The summed E-state index contributed by atoms with van der Waals surface area (Å²) in [6.07, 6.45) is 1.94. The molecule has 1 aliphatic heterocycles. The van der Waals surface area contributed by atoms with Gasteiger partial charge in [0.05, 0.1) is 12.3 Å². The lowest BCUT2D eigenvalue weighted by Crippen LogP contribution is -2.49. The van der Waals surface area contributed by atoms with Gasteiger partial charge < -0.3 is 0 Å². The summed E-state index contributed by atoms with van der Waals surface area (Å²) in [7, 11) is -2.63. The molecule has 0 spiro atoms. The molecular weight excluding hydrogens is 417 g/mol. The van der Waals surface area contributed by atoms with E-state index < -0.39 is 16.9 Å². The third-order valence-electron chi connectivity index (χ3n) is 4.92. The molecule has 0 fully saturated rings. The Hall–Kier alpha value is -0.856. The van der Waals surface area contributed by atoms with Crippen LogP contribution in [0, 0.1) is 0 Å². The van der Waals surface area contributed by atoms with E-state index >= 15 is 0 Å². The Kier molecular flexibility index (Phi) is 5.18. The van der Waals surface area contributed by atoms with Crippen molar-refractivity contribution in [1.82, 2.24) is 0 Å². The summed E-state index contributed by atoms with van der Waals surface area (Å²) in [5.74, 6) is 0. The fourth-order valence-electron chi connectivity index (χ4n) is 3.58. The van der Waals surface area contributed by atoms with Crippen LogP contribution in [0.4, 0.5) is 0 Å². The van der Waals surface area contributed by atoms with Crippen molar-refractivity contribution in [1.29, 1.82) is 0 Å². The summed E-state index contributed by atoms with van der Waals surface area (Å²) in [5, 5.41) is 5.50. The highest BCUT2D eigenvalue weighted by atomic mass is 32.2. The third-order valence-corrected chi connectivity index (χ3v) is 15.7. The molecule has 0 radical (unpaired) electrons. The van der Waals surface area contributed by atoms with E-state index in [1.165, 1.54) is 9.77 Å². The molecule has 2 aromatic heterocycles. The normalized spacial score (nSPS) is 15.9. The molecule has 1 aliphatic rings. The molecule has 0 saturated heterocycles. The molecule has 0 bridgehead atoms. The minimum Gasteiger partial charge on any atom is -0.144 e. The number of benzene rings is 1. The van der Waals surface area contributed by atoms with Crippen molar-refractivity contribution in [2.45, 2.75) is 42.9 Å². The second kappa shape index (κ2) is 7.19. The number of thiophene rings is 2. The van der Waals surface area contributed by atoms with Crippen LogP contribution >= 0.6 is 34.4 Å². The first-order valence-corrected chi connectivity index (χ1v) is 17.2. The van der Waals surface area contributed by atoms with Gasteiger partial charge in [-0.1, -0.05) is 81.7 Å². The van der Waals surface area contributed by atoms with E-state index in [4.69, 9.17) is 0 Å². The molecule has 3 aromatic rings. The van der Waals surface area contributed by atoms with E-state index in [0.29, 0.717) is 5.25 Å². The molecule has 1 unspecified atom stereocenters. The van der Waals surface area contributed by atoms with Crippen molar-refractivity contribution in [3.8, 4) is 9.75 Å². The predicted octanol–water partition coefficient (Wildman–Crippen LogP) is 4.73. The molecule has 0 saturated carbocycles. The quantitative estimate of drug-likeness (QED) is 0.318. The van der Waals surface area contributed by atoms with Crippen LogP contribution in [0.2, 0.25) is 19.6 Å². The molecular formula is C22H26S3Si2. The van der Waals surface area contributed by atoms with E-state index in [-0.39, 0.29) is 0 Å². The molecule has 0 aliphatic carbocycles. The van der Waals surface area contributed by atoms with Crippen molar-refractivity contribution >= 4 is 77.4 Å². The SMILES string of the molecule is C=Cc1ccc([SiH]2c3cc(SC(C)C)sc3-c3sc([Si](C)(C)C)cc32)cc1. The Morgan fingerprint density at radius 2 is 1.63 bits per heavy atom. The van der Waals surface area contributed by atoms with Gasteiger partial charge in [0.15, 0.2) is 0 Å². The smallest absolute Gasteiger partial charge is 0.136 e. The zero-order valence-electron chi connectivity index (χ0n) is 16.6. The number of rotatable bonds is 5. The number of hydrogen-bond donors (Lipinski definition) is 0. The van der Waals surface area contributed by atoms with Gasteiger partial charge in [-0.3, -0.25) is 0 Å². The third kappa shape index (κ3) is 3.60. The van der Waals surface area contributed by atoms with Gasteiger partial charge in [-0.05, 0) is 26.5 Å². The lowest BCUT2D eigenvalue weighted by atomic mass is 10.2. The van der Waals surface area contributed by atoms with E-state index in [0.717, 1.165) is 0 Å². The van der Waals surface area contributed by atoms with Gasteiger partial charge in [-0.2, -0.15) is 0 Å². The van der Waals surface area contributed by atoms with Crippen LogP contribution in [0.25, 0.3) is 15.8 Å². The highest BCUT2D eigenvalue weighted by Gasteiger charge is 2.37. The summed E-state index contributed by atoms with van der Waals surface area (Å²) in [4.78, 5) is 3.17. The first-order chi connectivity index (χ1) is 12.8. The van der Waals surface area contributed by atoms with Crippen LogP contribution < -0.4 is 20.1 Å². The lowest BCUT2D eigenvalue weighted by molar-refractivity contribution is 1.11. The van der Waals surface area contributed by atoms with E-state index in [1.807, 2.05) is 29.2 Å². The average Bonchev–Trinajstić information content (AvgIpc) is 3.24. The fourth-order valence-corrected chi connectivity index (χ4v) is 14.1. The maximum absolute atomic E-state index is 3.91. The second-order valence-electron chi connectivity index (χ2n) is 8.47. The maximum atomic E-state index is 3.91. The Balaban J connectivity index is 1.86. The van der Waals surface area contributed by atoms with Gasteiger partial charge in [0.1, 0.15) is 8.80 Å². The van der Waals surface area contributed by atoms with Crippen LogP contribution in [0.5, 0.6) is 0 Å². The summed E-state index contributed by atoms with van der Waals surface area (Å²) in [6, 6.07) is 14.3. The fraction of sp³-hybridized carbons (Fsp3) is 0.273. The van der Waals surface area contributed by atoms with E-state index in [2.05, 4.69) is 87.8 Å². The highest BCUT2D eigenvalue weighted by molar-refractivity contribution is 8.01. The van der Waals surface area contributed by atoms with Crippen LogP contribution in [-0.4, -0.2) is 22.1 Å². The summed E-state index contributed by atoms with van der Waals surface area (Å²) < 4.78 is 3.15. The van der Waals surface area contributed by atoms with Gasteiger partial charge in [0.2, 0.25) is 0 Å². The highest BCUT2D eigenvalue weighted by Crippen LogP contribution is 2.39. The Morgan fingerprint density at radius 3 is 2.22 bits per heavy atom. The molecule has 0 N–H and O–H groups in total. The first-order valence-electron chi connectivity index (χ1n) is 9.45. The molecule has 1 atom stereocenters. The topological polar surface area (TPSA) is 0 Å². The molecule has 0 nitrogen and oxygen atoms in total. The molecule has 0 amide bonds. The van der Waals surface area contributed by atoms with Crippen LogP contribution in [0.3, 0.4) is 0 Å². The summed E-state index contributed by atoms with van der Waals surface area (Å²) in [6.45, 7) is 15.9. The molecule has 140 valence electrons. The van der Waals surface area contributed by atoms with Gasteiger partial charge >= 0.3 is 0 Å². The Labute approximate surface area is 178 Å². The van der Waals surface area contributed by atoms with Crippen molar-refractivity contribution in [2.24, 2.45) is 0 Å². The minimum atomic E-state index is -1.35. The number of fused-ring (bicyclic) bond motifs is 3. The maximum Gasteiger partial charge on any atom is 0.136 e. The molecule has 5 heteroatoms. The number of hydrogen-bond acceptors (Lipinski definition) is 3. The van der Waals surface area contributed by atoms with Crippen molar-refractivity contribution in [3.05, 3.63) is 48.5 Å². The van der Waals surface area contributed by atoms with Crippen molar-refractivity contribution < 1.29 is 0 Å². The average molecular weight is 443 g/mol. The molecule has 3 heterocycles. The standard InChI is InChI=1S/C22H26S3Si2/c1-7-15-8-10-16(11-9-15)26-17-12-19(23-14(2)3)24-21(17)22-18(26)13-20(25-22)27(4,5)6/h7-14,26H,1H2,2-6H3. The Morgan fingerprint density at radius 1 is 1.00 bits per heavy atom. The number of thioether (sulfide) groups is 1. The van der Waals surface area contributed by atoms with Crippen LogP contribution in [-0.2, 0) is 0 Å². The zero-order chi connectivity index (χ0) is 19.3. The zero-order valence-corrected chi connectivity index (χ0v) is 21.2. The van der Waals surface area contributed by atoms with Gasteiger partial charge in [0, 0.05) is 15.0 Å². The van der Waals surface area contributed by atoms with Crippen molar-refractivity contribution in [3.63, 3.8) is 0 Å². The van der Waals surface area contributed by atoms with Gasteiger partial charge in [-0.25, -0.2) is 0 Å². The van der Waals surface area contributed by atoms with Crippen molar-refractivity contribution in [2.75, 3.05) is 0 Å². The lowest BCUT2D eigenvalue weighted by Gasteiger charge is -2.14. The minimum absolute atomic E-state index is 0.635. The molecule has 4 rings (SSSR count). The largest absolute Gasteiger partial charge is 0.144 e. The van der Waals surface area contributed by atoms with E-state index in [9.17, 15) is 0 Å². The molecule has 1 aromatic carbocycles. The predicted molar refractivity (Wildman–Crippen MR) is 134 cm³/mol. The van der Waals surface area contributed by atoms with Crippen LogP contribution in [0.1, 0.15) is 19.4 Å². The van der Waals surface area contributed by atoms with Gasteiger partial charge in [-0.15, -0.1) is 34.4 Å². The second-order valence-corrected chi connectivity index (χ2v) is 20.6.